The van der Waals surface area contributed by atoms with Gasteiger partial charge in [0.25, 0.3) is 5.91 Å². The Labute approximate surface area is 117 Å². The maximum absolute atomic E-state index is 12.3. The van der Waals surface area contributed by atoms with E-state index in [0.29, 0.717) is 5.92 Å². The van der Waals surface area contributed by atoms with Gasteiger partial charge in [-0.1, -0.05) is 6.92 Å². The summed E-state index contributed by atoms with van der Waals surface area (Å²) >= 11 is 1.50. The number of ether oxygens (including phenoxy) is 1. The van der Waals surface area contributed by atoms with Gasteiger partial charge < -0.3 is 15.8 Å². The molecule has 0 spiro atoms. The zero-order valence-corrected chi connectivity index (χ0v) is 11.9. The molecular formula is C14H20N2O2S. The number of fused-ring (bicyclic) bond motifs is 1. The molecule has 0 radical (unpaired) electrons. The molecule has 19 heavy (non-hydrogen) atoms. The fourth-order valence-electron chi connectivity index (χ4n) is 3.16. The first-order chi connectivity index (χ1) is 9.22. The van der Waals surface area contributed by atoms with Crippen molar-refractivity contribution in [3.05, 3.63) is 21.9 Å². The van der Waals surface area contributed by atoms with Crippen molar-refractivity contribution in [3.63, 3.8) is 0 Å². The van der Waals surface area contributed by atoms with Crippen LogP contribution in [0.4, 0.5) is 0 Å². The average Bonchev–Trinajstić information content (AvgIpc) is 2.92. The zero-order valence-electron chi connectivity index (χ0n) is 11.1. The van der Waals surface area contributed by atoms with E-state index in [1.807, 2.05) is 11.4 Å². The van der Waals surface area contributed by atoms with Crippen LogP contribution in [0.1, 0.15) is 35.0 Å². The molecule has 0 aromatic carbocycles. The van der Waals surface area contributed by atoms with E-state index in [1.165, 1.54) is 11.3 Å². The highest BCUT2D eigenvalue weighted by atomic mass is 32.1. The Hall–Kier alpha value is -0.910. The van der Waals surface area contributed by atoms with Crippen molar-refractivity contribution in [1.82, 2.24) is 5.32 Å². The zero-order chi connectivity index (χ0) is 13.4. The Bertz CT molecular complexity index is 474. The summed E-state index contributed by atoms with van der Waals surface area (Å²) in [5.74, 6) is 0.424. The third kappa shape index (κ3) is 2.20. The molecule has 2 aliphatic rings. The predicted molar refractivity (Wildman–Crippen MR) is 75.4 cm³/mol. The van der Waals surface area contributed by atoms with Crippen molar-refractivity contribution in [3.8, 4) is 0 Å². The highest BCUT2D eigenvalue weighted by Gasteiger charge is 2.51. The van der Waals surface area contributed by atoms with E-state index in [1.54, 1.807) is 0 Å². The van der Waals surface area contributed by atoms with Gasteiger partial charge in [0.2, 0.25) is 0 Å². The van der Waals surface area contributed by atoms with Gasteiger partial charge >= 0.3 is 0 Å². The summed E-state index contributed by atoms with van der Waals surface area (Å²) < 4.78 is 5.74. The topological polar surface area (TPSA) is 64.4 Å². The van der Waals surface area contributed by atoms with Crippen LogP contribution < -0.4 is 11.1 Å². The molecule has 1 aliphatic heterocycles. The van der Waals surface area contributed by atoms with Crippen LogP contribution in [-0.4, -0.2) is 30.7 Å². The number of nitrogens with one attached hydrogen (secondary N) is 1. The molecule has 1 saturated heterocycles. The maximum Gasteiger partial charge on any atom is 0.261 e. The van der Waals surface area contributed by atoms with E-state index in [9.17, 15) is 4.79 Å². The van der Waals surface area contributed by atoms with Gasteiger partial charge in [0, 0.05) is 18.6 Å². The van der Waals surface area contributed by atoms with E-state index in [-0.39, 0.29) is 24.1 Å². The first-order valence-electron chi connectivity index (χ1n) is 6.96. The number of carbonyl (C=O) groups excluding carboxylic acids is 1. The standard InChI is InChI=1S/C14H20N2O2S/c1-2-8-5-7-19-13(8)14(17)16-11-10(15)9-4-3-6-18-12(9)11/h5,7,9-12H,2-4,6,15H2,1H3,(H,16,17). The highest BCUT2D eigenvalue weighted by molar-refractivity contribution is 7.12. The van der Waals surface area contributed by atoms with Crippen LogP contribution in [0.2, 0.25) is 0 Å². The van der Waals surface area contributed by atoms with Crippen molar-refractivity contribution < 1.29 is 9.53 Å². The molecule has 4 atom stereocenters. The molecule has 1 aromatic rings. The Morgan fingerprint density at radius 2 is 2.47 bits per heavy atom. The summed E-state index contributed by atoms with van der Waals surface area (Å²) in [6.45, 7) is 2.85. The van der Waals surface area contributed by atoms with Crippen molar-refractivity contribution >= 4 is 17.2 Å². The SMILES string of the molecule is CCc1ccsc1C(=O)NC1C(N)C2CCCOC21. The summed E-state index contributed by atoms with van der Waals surface area (Å²) in [5.41, 5.74) is 7.27. The fourth-order valence-corrected chi connectivity index (χ4v) is 4.05. The molecule has 5 heteroatoms. The number of aryl methyl sites for hydroxylation is 1. The number of thiophene rings is 1. The molecule has 1 aliphatic carbocycles. The monoisotopic (exact) mass is 280 g/mol. The van der Waals surface area contributed by atoms with E-state index < -0.39 is 0 Å². The van der Waals surface area contributed by atoms with Gasteiger partial charge in [-0.15, -0.1) is 11.3 Å². The van der Waals surface area contributed by atoms with E-state index in [0.717, 1.165) is 36.3 Å². The molecule has 4 unspecified atom stereocenters. The predicted octanol–water partition coefficient (Wildman–Crippen LogP) is 1.55. The number of nitrogens with two attached hydrogens (primary N) is 1. The van der Waals surface area contributed by atoms with Crippen LogP contribution in [0, 0.1) is 5.92 Å². The van der Waals surface area contributed by atoms with Crippen LogP contribution in [0.15, 0.2) is 11.4 Å². The minimum absolute atomic E-state index is 0.0000709. The Morgan fingerprint density at radius 1 is 1.63 bits per heavy atom. The van der Waals surface area contributed by atoms with Gasteiger partial charge in [-0.25, -0.2) is 0 Å². The molecule has 0 bridgehead atoms. The summed E-state index contributed by atoms with van der Waals surface area (Å²) in [7, 11) is 0. The quantitative estimate of drug-likeness (QED) is 0.883. The second-order valence-corrected chi connectivity index (χ2v) is 6.26. The van der Waals surface area contributed by atoms with Crippen LogP contribution in [0.5, 0.6) is 0 Å². The Kier molecular flexibility index (Phi) is 3.60. The molecule has 3 rings (SSSR count). The van der Waals surface area contributed by atoms with Crippen molar-refractivity contribution in [2.45, 2.75) is 44.4 Å². The molecule has 1 amide bonds. The van der Waals surface area contributed by atoms with Gasteiger partial charge in [0.05, 0.1) is 17.0 Å². The minimum Gasteiger partial charge on any atom is -0.376 e. The Balaban J connectivity index is 1.67. The number of hydrogen-bond acceptors (Lipinski definition) is 4. The number of hydrogen-bond donors (Lipinski definition) is 2. The molecule has 1 saturated carbocycles. The van der Waals surface area contributed by atoms with Gasteiger partial charge in [-0.3, -0.25) is 4.79 Å². The average molecular weight is 280 g/mol. The first kappa shape index (κ1) is 13.1. The third-order valence-corrected chi connectivity index (χ3v) is 5.26. The third-order valence-electron chi connectivity index (χ3n) is 4.31. The van der Waals surface area contributed by atoms with E-state index in [2.05, 4.69) is 12.2 Å². The summed E-state index contributed by atoms with van der Waals surface area (Å²) in [6.07, 6.45) is 3.21. The number of amides is 1. The molecular weight excluding hydrogens is 260 g/mol. The lowest BCUT2D eigenvalue weighted by Crippen LogP contribution is -2.72. The van der Waals surface area contributed by atoms with Gasteiger partial charge in [-0.2, -0.15) is 0 Å². The van der Waals surface area contributed by atoms with Crippen molar-refractivity contribution in [2.75, 3.05) is 6.61 Å². The molecule has 2 fully saturated rings. The lowest BCUT2D eigenvalue weighted by molar-refractivity contribution is -0.117. The molecule has 3 N–H and O–H groups in total. The van der Waals surface area contributed by atoms with Crippen molar-refractivity contribution in [1.29, 1.82) is 0 Å². The summed E-state index contributed by atoms with van der Waals surface area (Å²) in [6, 6.07) is 2.03. The number of carbonyl (C=O) groups is 1. The molecule has 4 nitrogen and oxygen atoms in total. The van der Waals surface area contributed by atoms with Gasteiger partial charge in [0.15, 0.2) is 0 Å². The van der Waals surface area contributed by atoms with Gasteiger partial charge in [0.1, 0.15) is 0 Å². The number of rotatable bonds is 3. The minimum atomic E-state index is -0.0235. The second kappa shape index (κ2) is 5.23. The normalized spacial score (nSPS) is 33.4. The maximum atomic E-state index is 12.3. The van der Waals surface area contributed by atoms with Gasteiger partial charge in [-0.05, 0) is 36.3 Å². The Morgan fingerprint density at radius 3 is 3.26 bits per heavy atom. The van der Waals surface area contributed by atoms with Crippen molar-refractivity contribution in [2.24, 2.45) is 11.7 Å². The summed E-state index contributed by atoms with van der Waals surface area (Å²) in [4.78, 5) is 13.1. The highest BCUT2D eigenvalue weighted by Crippen LogP contribution is 2.37. The van der Waals surface area contributed by atoms with Crippen LogP contribution in [0.3, 0.4) is 0 Å². The first-order valence-corrected chi connectivity index (χ1v) is 7.84. The second-order valence-electron chi connectivity index (χ2n) is 5.35. The van der Waals surface area contributed by atoms with E-state index >= 15 is 0 Å². The largest absolute Gasteiger partial charge is 0.376 e. The fraction of sp³-hybridized carbons (Fsp3) is 0.643. The molecule has 104 valence electrons. The van der Waals surface area contributed by atoms with Crippen LogP contribution >= 0.6 is 11.3 Å². The smallest absolute Gasteiger partial charge is 0.261 e. The molecule has 2 heterocycles. The van der Waals surface area contributed by atoms with Crippen LogP contribution in [0.25, 0.3) is 0 Å². The molecule has 1 aromatic heterocycles. The summed E-state index contributed by atoms with van der Waals surface area (Å²) in [5, 5.41) is 5.03. The lowest BCUT2D eigenvalue weighted by Gasteiger charge is -2.52. The van der Waals surface area contributed by atoms with Crippen LogP contribution in [-0.2, 0) is 11.2 Å². The van der Waals surface area contributed by atoms with E-state index in [4.69, 9.17) is 10.5 Å². The lowest BCUT2D eigenvalue weighted by atomic mass is 9.68.